The van der Waals surface area contributed by atoms with E-state index in [9.17, 15) is 0 Å². The first-order chi connectivity index (χ1) is 12.9. The van der Waals surface area contributed by atoms with E-state index in [0.29, 0.717) is 0 Å². The maximum Gasteiger partial charge on any atom is -0.00208 e. The smallest absolute Gasteiger partial charge is 0.00208 e. The summed E-state index contributed by atoms with van der Waals surface area (Å²) in [6.07, 6.45) is 4.82. The van der Waals surface area contributed by atoms with Crippen molar-refractivity contribution in [2.75, 3.05) is 0 Å². The zero-order chi connectivity index (χ0) is 17.4. The molecule has 0 N–H and O–H groups in total. The average molecular weight is 334 g/mol. The molecule has 0 heterocycles. The fourth-order valence-corrected chi connectivity index (χ4v) is 5.56. The van der Waals surface area contributed by atoms with E-state index >= 15 is 0 Å². The lowest BCUT2D eigenvalue weighted by Crippen LogP contribution is -1.90. The molecule has 0 spiro atoms. The third-order valence-electron chi connectivity index (χ3n) is 6.57. The first-order valence-corrected chi connectivity index (χ1v) is 10.1. The summed E-state index contributed by atoms with van der Waals surface area (Å²) in [5.41, 5.74) is 6.18. The van der Waals surface area contributed by atoms with E-state index in [1.54, 1.807) is 33.0 Å². The Kier molecular flexibility index (Phi) is 2.79. The highest BCUT2D eigenvalue weighted by Gasteiger charge is 2.23. The Labute approximate surface area is 153 Å². The van der Waals surface area contributed by atoms with Gasteiger partial charge in [-0.1, -0.05) is 62.4 Å². The fourth-order valence-electron chi connectivity index (χ4n) is 5.56. The summed E-state index contributed by atoms with van der Waals surface area (Å²) in [4.78, 5) is 0. The lowest BCUT2D eigenvalue weighted by atomic mass is 9.87. The molecular weight excluding hydrogens is 312 g/mol. The number of hydrogen-bond acceptors (Lipinski definition) is 0. The second-order valence-electron chi connectivity index (χ2n) is 7.59. The number of aryl methyl sites for hydroxylation is 4. The number of fused-ring (bicyclic) bond motifs is 2. The molecule has 7 rings (SSSR count). The van der Waals surface area contributed by atoms with E-state index in [1.807, 2.05) is 13.8 Å². The van der Waals surface area contributed by atoms with Crippen LogP contribution in [0.15, 0.2) is 48.5 Å². The van der Waals surface area contributed by atoms with Gasteiger partial charge in [0.25, 0.3) is 0 Å². The SMILES string of the molecule is CC.c1cc2c3ccc4c5c(ccc(c6ccc7c(c1CC7)c26)c53)CC4. The van der Waals surface area contributed by atoms with Gasteiger partial charge >= 0.3 is 0 Å². The average Bonchev–Trinajstić information content (AvgIpc) is 3.32. The standard InChI is InChI=1S/C24H16.C2H6/c1-2-14-6-10-18-20-12-8-16-4-3-15-7-11-19(24(20)22(15)16)17-9-5-13(1)21(14)23(17)18;1-2/h5-12H,1-4H2;1-2H3. The molecule has 0 heteroatoms. The Morgan fingerprint density at radius 3 is 0.923 bits per heavy atom. The minimum atomic E-state index is 1.20. The first kappa shape index (κ1) is 14.6. The predicted molar refractivity (Wildman–Crippen MR) is 114 cm³/mol. The van der Waals surface area contributed by atoms with Crippen LogP contribution in [0, 0.1) is 0 Å². The third kappa shape index (κ3) is 1.57. The van der Waals surface area contributed by atoms with E-state index in [1.165, 1.54) is 58.0 Å². The molecule has 0 saturated carbocycles. The van der Waals surface area contributed by atoms with E-state index in [4.69, 9.17) is 0 Å². The van der Waals surface area contributed by atoms with Gasteiger partial charge in [0.05, 0.1) is 0 Å². The highest BCUT2D eigenvalue weighted by atomic mass is 14.3. The predicted octanol–water partition coefficient (Wildman–Crippen LogP) is 6.96. The second kappa shape index (κ2) is 4.98. The van der Waals surface area contributed by atoms with Crippen molar-refractivity contribution in [3.63, 3.8) is 0 Å². The van der Waals surface area contributed by atoms with E-state index in [0.717, 1.165) is 0 Å². The first-order valence-electron chi connectivity index (χ1n) is 10.1. The van der Waals surface area contributed by atoms with Gasteiger partial charge in [-0.2, -0.15) is 0 Å². The van der Waals surface area contributed by atoms with Crippen LogP contribution in [0.25, 0.3) is 43.1 Å². The molecule has 2 aliphatic rings. The van der Waals surface area contributed by atoms with Gasteiger partial charge < -0.3 is 0 Å². The van der Waals surface area contributed by atoms with Crippen molar-refractivity contribution in [3.8, 4) is 0 Å². The number of benzene rings is 5. The molecule has 0 fully saturated rings. The third-order valence-corrected chi connectivity index (χ3v) is 6.57. The molecule has 126 valence electrons. The number of hydrogen-bond donors (Lipinski definition) is 0. The molecule has 0 nitrogen and oxygen atoms in total. The second-order valence-corrected chi connectivity index (χ2v) is 7.59. The van der Waals surface area contributed by atoms with Crippen LogP contribution < -0.4 is 0 Å². The molecule has 2 aliphatic carbocycles. The van der Waals surface area contributed by atoms with Crippen molar-refractivity contribution in [2.45, 2.75) is 39.5 Å². The Hall–Kier alpha value is -2.60. The summed E-state index contributed by atoms with van der Waals surface area (Å²) in [7, 11) is 0. The molecule has 0 radical (unpaired) electrons. The molecule has 5 aromatic carbocycles. The van der Waals surface area contributed by atoms with Gasteiger partial charge in [-0.05, 0) is 91.0 Å². The normalized spacial score (nSPS) is 14.7. The molecular formula is C26H22. The van der Waals surface area contributed by atoms with Gasteiger partial charge in [-0.15, -0.1) is 0 Å². The summed E-state index contributed by atoms with van der Waals surface area (Å²) in [5.74, 6) is 0. The molecule has 0 unspecified atom stereocenters. The van der Waals surface area contributed by atoms with Crippen LogP contribution in [0.1, 0.15) is 36.1 Å². The van der Waals surface area contributed by atoms with Crippen LogP contribution in [0.4, 0.5) is 0 Å². The van der Waals surface area contributed by atoms with Gasteiger partial charge in [-0.25, -0.2) is 0 Å². The molecule has 0 amide bonds. The van der Waals surface area contributed by atoms with Crippen LogP contribution in [0.3, 0.4) is 0 Å². The van der Waals surface area contributed by atoms with E-state index in [-0.39, 0.29) is 0 Å². The molecule has 26 heavy (non-hydrogen) atoms. The van der Waals surface area contributed by atoms with E-state index in [2.05, 4.69) is 48.5 Å². The minimum absolute atomic E-state index is 1.20. The zero-order valence-corrected chi connectivity index (χ0v) is 15.4. The van der Waals surface area contributed by atoms with Gasteiger partial charge in [0, 0.05) is 0 Å². The lowest BCUT2D eigenvalue weighted by Gasteiger charge is -2.16. The van der Waals surface area contributed by atoms with Crippen molar-refractivity contribution < 1.29 is 0 Å². The topological polar surface area (TPSA) is 0 Å². The van der Waals surface area contributed by atoms with Crippen molar-refractivity contribution in [3.05, 3.63) is 70.8 Å². The van der Waals surface area contributed by atoms with Crippen LogP contribution >= 0.6 is 0 Å². The molecule has 0 atom stereocenters. The fraction of sp³-hybridized carbons (Fsp3) is 0.231. The Morgan fingerprint density at radius 1 is 0.385 bits per heavy atom. The molecule has 0 aromatic heterocycles. The number of rotatable bonds is 0. The van der Waals surface area contributed by atoms with Gasteiger partial charge in [-0.3, -0.25) is 0 Å². The summed E-state index contributed by atoms with van der Waals surface area (Å²) in [6.45, 7) is 4.00. The van der Waals surface area contributed by atoms with Crippen molar-refractivity contribution in [1.82, 2.24) is 0 Å². The Morgan fingerprint density at radius 2 is 0.654 bits per heavy atom. The van der Waals surface area contributed by atoms with Crippen molar-refractivity contribution in [2.24, 2.45) is 0 Å². The van der Waals surface area contributed by atoms with Crippen LogP contribution in [-0.4, -0.2) is 0 Å². The Balaban J connectivity index is 0.000000666. The van der Waals surface area contributed by atoms with Crippen molar-refractivity contribution >= 4 is 43.1 Å². The summed E-state index contributed by atoms with van der Waals surface area (Å²) in [6, 6.07) is 19.1. The van der Waals surface area contributed by atoms with Crippen LogP contribution in [0.5, 0.6) is 0 Å². The summed E-state index contributed by atoms with van der Waals surface area (Å²) < 4.78 is 0. The Bertz CT molecular complexity index is 1140. The molecule has 5 aromatic rings. The monoisotopic (exact) mass is 334 g/mol. The lowest BCUT2D eigenvalue weighted by molar-refractivity contribution is 1.02. The molecule has 0 bridgehead atoms. The van der Waals surface area contributed by atoms with Gasteiger partial charge in [0.2, 0.25) is 0 Å². The quantitative estimate of drug-likeness (QED) is 0.212. The van der Waals surface area contributed by atoms with Crippen LogP contribution in [0.2, 0.25) is 0 Å². The highest BCUT2D eigenvalue weighted by molar-refractivity contribution is 6.34. The molecule has 0 aliphatic heterocycles. The van der Waals surface area contributed by atoms with Crippen LogP contribution in [-0.2, 0) is 25.7 Å². The highest BCUT2D eigenvalue weighted by Crippen LogP contribution is 2.46. The zero-order valence-electron chi connectivity index (χ0n) is 15.4. The summed E-state index contributed by atoms with van der Waals surface area (Å²) >= 11 is 0. The largest absolute Gasteiger partial charge is 0.0683 e. The van der Waals surface area contributed by atoms with Crippen molar-refractivity contribution in [1.29, 1.82) is 0 Å². The van der Waals surface area contributed by atoms with Gasteiger partial charge in [0.1, 0.15) is 0 Å². The summed E-state index contributed by atoms with van der Waals surface area (Å²) in [5, 5.41) is 11.9. The minimum Gasteiger partial charge on any atom is -0.0683 e. The molecule has 0 saturated heterocycles. The maximum absolute atomic E-state index is 2.39. The van der Waals surface area contributed by atoms with Gasteiger partial charge in [0.15, 0.2) is 0 Å². The maximum atomic E-state index is 2.39. The van der Waals surface area contributed by atoms with E-state index < -0.39 is 0 Å².